The van der Waals surface area contributed by atoms with Gasteiger partial charge in [0.1, 0.15) is 5.70 Å². The predicted octanol–water partition coefficient (Wildman–Crippen LogP) is 4.11. The number of unbranched alkanes of at least 4 members (excludes halogenated alkanes) is 1. The van der Waals surface area contributed by atoms with E-state index in [-0.39, 0.29) is 23.4 Å². The summed E-state index contributed by atoms with van der Waals surface area (Å²) in [5, 5.41) is 7.70. The van der Waals surface area contributed by atoms with Gasteiger partial charge in [-0.15, -0.1) is 11.3 Å². The standard InChI is InChI=1S/C23H27N3O4S/c1-3-4-13-30-14-6-12-26-22(28)20(19-7-5-15-31-19)21(23(26)29)25-18-10-8-17(9-11-18)24-16(2)27/h5,7-11,15,25H,3-4,6,12-14H2,1-2H3,(H,24,27). The van der Waals surface area contributed by atoms with Crippen LogP contribution in [0.3, 0.4) is 0 Å². The number of carbonyl (C=O) groups excluding carboxylic acids is 3. The summed E-state index contributed by atoms with van der Waals surface area (Å²) in [7, 11) is 0. The third-order valence-electron chi connectivity index (χ3n) is 4.72. The van der Waals surface area contributed by atoms with E-state index >= 15 is 0 Å². The lowest BCUT2D eigenvalue weighted by atomic mass is 10.2. The molecule has 0 radical (unpaired) electrons. The number of nitrogens with one attached hydrogen (secondary N) is 2. The molecule has 31 heavy (non-hydrogen) atoms. The molecule has 7 nitrogen and oxygen atoms in total. The molecule has 2 N–H and O–H groups in total. The zero-order valence-electron chi connectivity index (χ0n) is 17.8. The zero-order valence-corrected chi connectivity index (χ0v) is 18.6. The third kappa shape index (κ3) is 5.80. The molecule has 1 aromatic carbocycles. The highest BCUT2D eigenvalue weighted by atomic mass is 32.1. The van der Waals surface area contributed by atoms with E-state index in [1.165, 1.54) is 23.2 Å². The number of anilines is 2. The number of amides is 3. The van der Waals surface area contributed by atoms with E-state index in [0.717, 1.165) is 17.7 Å². The molecule has 164 valence electrons. The van der Waals surface area contributed by atoms with Gasteiger partial charge >= 0.3 is 0 Å². The van der Waals surface area contributed by atoms with Crippen LogP contribution in [0.25, 0.3) is 5.57 Å². The quantitative estimate of drug-likeness (QED) is 0.405. The Labute approximate surface area is 186 Å². The first-order valence-electron chi connectivity index (χ1n) is 10.4. The fourth-order valence-corrected chi connectivity index (χ4v) is 3.97. The summed E-state index contributed by atoms with van der Waals surface area (Å²) >= 11 is 1.42. The highest BCUT2D eigenvalue weighted by Gasteiger charge is 2.39. The van der Waals surface area contributed by atoms with E-state index in [0.29, 0.717) is 43.1 Å². The smallest absolute Gasteiger partial charge is 0.278 e. The van der Waals surface area contributed by atoms with Crippen molar-refractivity contribution in [1.82, 2.24) is 4.90 Å². The van der Waals surface area contributed by atoms with Crippen molar-refractivity contribution in [1.29, 1.82) is 0 Å². The van der Waals surface area contributed by atoms with Gasteiger partial charge < -0.3 is 15.4 Å². The highest BCUT2D eigenvalue weighted by Crippen LogP contribution is 2.33. The normalized spacial score (nSPS) is 13.8. The number of hydrogen-bond donors (Lipinski definition) is 2. The van der Waals surface area contributed by atoms with Crippen LogP contribution in [-0.2, 0) is 19.1 Å². The topological polar surface area (TPSA) is 87.7 Å². The van der Waals surface area contributed by atoms with Gasteiger partial charge in [-0.1, -0.05) is 19.4 Å². The van der Waals surface area contributed by atoms with Crippen LogP contribution >= 0.6 is 11.3 Å². The van der Waals surface area contributed by atoms with Crippen molar-refractivity contribution in [3.8, 4) is 0 Å². The van der Waals surface area contributed by atoms with Crippen molar-refractivity contribution in [3.05, 3.63) is 52.4 Å². The highest BCUT2D eigenvalue weighted by molar-refractivity contribution is 7.11. The SMILES string of the molecule is CCCCOCCCN1C(=O)C(Nc2ccc(NC(C)=O)cc2)=C(c2cccs2)C1=O. The maximum absolute atomic E-state index is 13.1. The molecule has 2 heterocycles. The van der Waals surface area contributed by atoms with Crippen molar-refractivity contribution in [2.75, 3.05) is 30.4 Å². The molecule has 0 bridgehead atoms. The molecule has 1 aromatic heterocycles. The molecular formula is C23H27N3O4S. The van der Waals surface area contributed by atoms with E-state index in [2.05, 4.69) is 17.6 Å². The van der Waals surface area contributed by atoms with E-state index in [1.54, 1.807) is 24.3 Å². The Bertz CT molecular complexity index is 952. The molecule has 0 unspecified atom stereocenters. The number of ether oxygens (including phenoxy) is 1. The van der Waals surface area contributed by atoms with Gasteiger partial charge in [0.25, 0.3) is 11.8 Å². The maximum Gasteiger partial charge on any atom is 0.278 e. The molecule has 0 fully saturated rings. The van der Waals surface area contributed by atoms with Crippen LogP contribution < -0.4 is 10.6 Å². The molecule has 0 saturated heterocycles. The molecule has 1 aliphatic rings. The molecule has 1 aliphatic heterocycles. The lowest BCUT2D eigenvalue weighted by Crippen LogP contribution is -2.34. The lowest BCUT2D eigenvalue weighted by molar-refractivity contribution is -0.137. The molecule has 0 saturated carbocycles. The summed E-state index contributed by atoms with van der Waals surface area (Å²) in [6, 6.07) is 10.7. The van der Waals surface area contributed by atoms with E-state index < -0.39 is 0 Å². The van der Waals surface area contributed by atoms with Gasteiger partial charge in [-0.05, 0) is 48.6 Å². The van der Waals surface area contributed by atoms with Gasteiger partial charge in [-0.25, -0.2) is 0 Å². The Kier molecular flexibility index (Phi) is 7.97. The second-order valence-electron chi connectivity index (χ2n) is 7.19. The van der Waals surface area contributed by atoms with Gasteiger partial charge in [-0.2, -0.15) is 0 Å². The van der Waals surface area contributed by atoms with Crippen LogP contribution in [0, 0.1) is 0 Å². The zero-order chi connectivity index (χ0) is 22.2. The number of rotatable bonds is 11. The Morgan fingerprint density at radius 2 is 1.74 bits per heavy atom. The molecule has 3 amide bonds. The number of thiophene rings is 1. The molecular weight excluding hydrogens is 414 g/mol. The average molecular weight is 442 g/mol. The van der Waals surface area contributed by atoms with Crippen molar-refractivity contribution >= 4 is 46.0 Å². The second kappa shape index (κ2) is 10.9. The number of hydrogen-bond acceptors (Lipinski definition) is 6. The summed E-state index contributed by atoms with van der Waals surface area (Å²) in [5.74, 6) is -0.791. The van der Waals surface area contributed by atoms with Gasteiger partial charge in [0.2, 0.25) is 5.91 Å². The number of carbonyl (C=O) groups is 3. The van der Waals surface area contributed by atoms with Crippen LogP contribution in [0.2, 0.25) is 0 Å². The minimum atomic E-state index is -0.340. The van der Waals surface area contributed by atoms with E-state index in [1.807, 2.05) is 17.5 Å². The summed E-state index contributed by atoms with van der Waals surface area (Å²) in [6.07, 6.45) is 2.66. The van der Waals surface area contributed by atoms with Gasteiger partial charge in [0, 0.05) is 42.9 Å². The number of benzene rings is 1. The Morgan fingerprint density at radius 3 is 2.39 bits per heavy atom. The minimum Gasteiger partial charge on any atom is -0.381 e. The molecule has 2 aromatic rings. The van der Waals surface area contributed by atoms with Crippen LogP contribution in [0.5, 0.6) is 0 Å². The van der Waals surface area contributed by atoms with Gasteiger partial charge in [0.05, 0.1) is 5.57 Å². The first-order chi connectivity index (χ1) is 15.0. The van der Waals surface area contributed by atoms with Crippen molar-refractivity contribution in [2.24, 2.45) is 0 Å². The van der Waals surface area contributed by atoms with Gasteiger partial charge in [-0.3, -0.25) is 19.3 Å². The summed E-state index contributed by atoms with van der Waals surface area (Å²) < 4.78 is 5.56. The van der Waals surface area contributed by atoms with Crippen molar-refractivity contribution < 1.29 is 19.1 Å². The first-order valence-corrected chi connectivity index (χ1v) is 11.3. The Morgan fingerprint density at radius 1 is 1.03 bits per heavy atom. The molecule has 0 atom stereocenters. The number of imide groups is 1. The largest absolute Gasteiger partial charge is 0.381 e. The second-order valence-corrected chi connectivity index (χ2v) is 8.14. The summed E-state index contributed by atoms with van der Waals surface area (Å²) in [6.45, 7) is 5.06. The molecule has 8 heteroatoms. The minimum absolute atomic E-state index is 0.158. The molecule has 0 aliphatic carbocycles. The fourth-order valence-electron chi connectivity index (χ4n) is 3.20. The summed E-state index contributed by atoms with van der Waals surface area (Å²) in [5.41, 5.74) is 1.97. The monoisotopic (exact) mass is 441 g/mol. The Balaban J connectivity index is 1.74. The molecule has 0 spiro atoms. The summed E-state index contributed by atoms with van der Waals surface area (Å²) in [4.78, 5) is 39.4. The van der Waals surface area contributed by atoms with Crippen LogP contribution in [-0.4, -0.2) is 42.4 Å². The van der Waals surface area contributed by atoms with Crippen LogP contribution in [0.1, 0.15) is 38.0 Å². The van der Waals surface area contributed by atoms with E-state index in [9.17, 15) is 14.4 Å². The third-order valence-corrected chi connectivity index (χ3v) is 5.61. The van der Waals surface area contributed by atoms with E-state index in [4.69, 9.17) is 4.74 Å². The number of nitrogens with zero attached hydrogens (tertiary/aromatic N) is 1. The lowest BCUT2D eigenvalue weighted by Gasteiger charge is -2.15. The van der Waals surface area contributed by atoms with Crippen LogP contribution in [0.15, 0.2) is 47.5 Å². The fraction of sp³-hybridized carbons (Fsp3) is 0.348. The molecule has 3 rings (SSSR count). The van der Waals surface area contributed by atoms with Crippen molar-refractivity contribution in [2.45, 2.75) is 33.1 Å². The van der Waals surface area contributed by atoms with Gasteiger partial charge in [0.15, 0.2) is 0 Å². The predicted molar refractivity (Wildman–Crippen MR) is 123 cm³/mol. The Hall–Kier alpha value is -2.97. The van der Waals surface area contributed by atoms with Crippen molar-refractivity contribution in [3.63, 3.8) is 0 Å². The maximum atomic E-state index is 13.1. The van der Waals surface area contributed by atoms with Crippen LogP contribution in [0.4, 0.5) is 11.4 Å². The average Bonchev–Trinajstić information content (AvgIpc) is 3.34. The first kappa shape index (κ1) is 22.7.